The molecule has 0 aliphatic carbocycles. The van der Waals surface area contributed by atoms with Gasteiger partial charge in [-0.3, -0.25) is 10.1 Å². The lowest BCUT2D eigenvalue weighted by atomic mass is 9.99. The number of ether oxygens (including phenoxy) is 1. The van der Waals surface area contributed by atoms with E-state index in [-0.39, 0.29) is 24.2 Å². The van der Waals surface area contributed by atoms with Crippen molar-refractivity contribution in [3.8, 4) is 0 Å². The summed E-state index contributed by atoms with van der Waals surface area (Å²) in [5.41, 5.74) is 0. The van der Waals surface area contributed by atoms with E-state index in [0.29, 0.717) is 18.4 Å². The largest absolute Gasteiger partial charge is 0.374 e. The number of carbonyl (C=O) groups excluding carboxylic acids is 1. The topological polar surface area (TPSA) is 44.8 Å². The molecule has 1 amide bonds. The molecule has 0 spiro atoms. The van der Waals surface area contributed by atoms with Crippen molar-refractivity contribution in [2.75, 3.05) is 33.3 Å². The zero-order valence-corrected chi connectivity index (χ0v) is 14.1. The lowest BCUT2D eigenvalue weighted by molar-refractivity contribution is -0.134. The molecule has 0 aromatic carbocycles. The van der Waals surface area contributed by atoms with Crippen molar-refractivity contribution < 1.29 is 9.53 Å². The van der Waals surface area contributed by atoms with Crippen LogP contribution < -0.4 is 5.32 Å². The number of hydrogen-bond acceptors (Lipinski definition) is 4. The van der Waals surface area contributed by atoms with E-state index in [9.17, 15) is 4.79 Å². The summed E-state index contributed by atoms with van der Waals surface area (Å²) in [4.78, 5) is 17.1. The van der Waals surface area contributed by atoms with Gasteiger partial charge in [0.2, 0.25) is 5.91 Å². The highest BCUT2D eigenvalue weighted by molar-refractivity contribution is 5.84. The molecule has 5 nitrogen and oxygen atoms in total. The molecule has 5 heteroatoms. The van der Waals surface area contributed by atoms with Crippen molar-refractivity contribution in [1.29, 1.82) is 0 Å². The van der Waals surface area contributed by atoms with Gasteiger partial charge < -0.3 is 14.5 Å². The number of morpholine rings is 1. The van der Waals surface area contributed by atoms with Gasteiger partial charge in [0.1, 0.15) is 0 Å². The van der Waals surface area contributed by atoms with Crippen molar-refractivity contribution in [1.82, 2.24) is 15.1 Å². The van der Waals surface area contributed by atoms with Gasteiger partial charge in [0.25, 0.3) is 0 Å². The second-order valence-electron chi connectivity index (χ2n) is 6.96. The predicted molar refractivity (Wildman–Crippen MR) is 84.0 cm³/mol. The SMILES string of the molecule is CCC(C)C1NC(C(C)C)N(CC2CN(C)CCO2)C1=O. The molecule has 2 aliphatic heterocycles. The third-order valence-electron chi connectivity index (χ3n) is 4.82. The van der Waals surface area contributed by atoms with Crippen LogP contribution in [0.3, 0.4) is 0 Å². The second kappa shape index (κ2) is 7.07. The highest BCUT2D eigenvalue weighted by atomic mass is 16.5. The number of rotatable bonds is 5. The van der Waals surface area contributed by atoms with E-state index in [4.69, 9.17) is 4.74 Å². The maximum Gasteiger partial charge on any atom is 0.241 e. The van der Waals surface area contributed by atoms with E-state index in [2.05, 4.69) is 45.0 Å². The zero-order chi connectivity index (χ0) is 15.6. The minimum absolute atomic E-state index is 0.0382. The number of likely N-dealkylation sites (N-methyl/N-ethyl adjacent to an activating group) is 1. The molecule has 4 atom stereocenters. The van der Waals surface area contributed by atoms with Gasteiger partial charge >= 0.3 is 0 Å². The molecule has 1 N–H and O–H groups in total. The van der Waals surface area contributed by atoms with Crippen molar-refractivity contribution >= 4 is 5.91 Å². The molecule has 4 unspecified atom stereocenters. The Labute approximate surface area is 129 Å². The Hall–Kier alpha value is -0.650. The molecule has 0 aromatic rings. The quantitative estimate of drug-likeness (QED) is 0.827. The summed E-state index contributed by atoms with van der Waals surface area (Å²) in [6.07, 6.45) is 1.28. The molecule has 0 aromatic heterocycles. The number of carbonyl (C=O) groups is 1. The summed E-state index contributed by atoms with van der Waals surface area (Å²) >= 11 is 0. The third-order valence-corrected chi connectivity index (χ3v) is 4.82. The van der Waals surface area contributed by atoms with Gasteiger partial charge in [-0.15, -0.1) is 0 Å². The fraction of sp³-hybridized carbons (Fsp3) is 0.938. The Morgan fingerprint density at radius 1 is 1.38 bits per heavy atom. The van der Waals surface area contributed by atoms with Crippen molar-refractivity contribution in [3.05, 3.63) is 0 Å². The first-order valence-electron chi connectivity index (χ1n) is 8.30. The summed E-state index contributed by atoms with van der Waals surface area (Å²) in [5, 5.41) is 3.55. The van der Waals surface area contributed by atoms with Crippen LogP contribution in [0.1, 0.15) is 34.1 Å². The molecule has 122 valence electrons. The molecule has 0 radical (unpaired) electrons. The molecule has 2 saturated heterocycles. The minimum atomic E-state index is -0.0382. The molecule has 21 heavy (non-hydrogen) atoms. The Morgan fingerprint density at radius 3 is 2.67 bits per heavy atom. The maximum absolute atomic E-state index is 12.8. The standard InChI is InChI=1S/C16H31N3O2/c1-6-12(4)14-16(20)19(15(17-14)11(2)3)10-13-9-18(5)7-8-21-13/h11-15,17H,6-10H2,1-5H3. The van der Waals surface area contributed by atoms with Gasteiger partial charge in [0, 0.05) is 19.6 Å². The van der Waals surface area contributed by atoms with Gasteiger partial charge in [-0.1, -0.05) is 34.1 Å². The molecular formula is C16H31N3O2. The number of hydrogen-bond donors (Lipinski definition) is 1. The van der Waals surface area contributed by atoms with Crippen LogP contribution in [0, 0.1) is 11.8 Å². The van der Waals surface area contributed by atoms with E-state index >= 15 is 0 Å². The summed E-state index contributed by atoms with van der Waals surface area (Å²) in [5.74, 6) is 1.03. The van der Waals surface area contributed by atoms with E-state index in [1.807, 2.05) is 4.90 Å². The fourth-order valence-electron chi connectivity index (χ4n) is 3.26. The summed E-state index contributed by atoms with van der Waals surface area (Å²) in [6, 6.07) is -0.0382. The molecule has 0 saturated carbocycles. The normalized spacial score (nSPS) is 33.0. The lowest BCUT2D eigenvalue weighted by Gasteiger charge is -2.35. The Bertz CT molecular complexity index is 361. The monoisotopic (exact) mass is 297 g/mol. The Morgan fingerprint density at radius 2 is 2.10 bits per heavy atom. The van der Waals surface area contributed by atoms with E-state index in [0.717, 1.165) is 26.1 Å². The van der Waals surface area contributed by atoms with Crippen molar-refractivity contribution in [2.45, 2.75) is 52.4 Å². The molecular weight excluding hydrogens is 266 g/mol. The Kier molecular flexibility index (Phi) is 5.63. The molecule has 2 rings (SSSR count). The van der Waals surface area contributed by atoms with E-state index in [1.165, 1.54) is 0 Å². The molecule has 2 heterocycles. The molecule has 2 fully saturated rings. The Balaban J connectivity index is 2.05. The van der Waals surface area contributed by atoms with Gasteiger partial charge in [-0.25, -0.2) is 0 Å². The number of nitrogens with zero attached hydrogens (tertiary/aromatic N) is 2. The number of nitrogens with one attached hydrogen (secondary N) is 1. The first kappa shape index (κ1) is 16.7. The summed E-state index contributed by atoms with van der Waals surface area (Å²) in [7, 11) is 2.11. The first-order valence-corrected chi connectivity index (χ1v) is 8.30. The highest BCUT2D eigenvalue weighted by Crippen LogP contribution is 2.24. The van der Waals surface area contributed by atoms with Crippen LogP contribution in [0.5, 0.6) is 0 Å². The predicted octanol–water partition coefficient (Wildman–Crippen LogP) is 1.15. The average Bonchev–Trinajstić information content (AvgIpc) is 2.76. The summed E-state index contributed by atoms with van der Waals surface area (Å²) < 4.78 is 5.85. The van der Waals surface area contributed by atoms with Crippen LogP contribution in [0.2, 0.25) is 0 Å². The highest BCUT2D eigenvalue weighted by Gasteiger charge is 2.43. The fourth-order valence-corrected chi connectivity index (χ4v) is 3.26. The van der Waals surface area contributed by atoms with Crippen LogP contribution in [0.25, 0.3) is 0 Å². The van der Waals surface area contributed by atoms with Crippen LogP contribution in [-0.2, 0) is 9.53 Å². The third kappa shape index (κ3) is 3.76. The van der Waals surface area contributed by atoms with Gasteiger partial charge in [-0.05, 0) is 18.9 Å². The van der Waals surface area contributed by atoms with Crippen molar-refractivity contribution in [2.24, 2.45) is 11.8 Å². The van der Waals surface area contributed by atoms with Gasteiger partial charge in [-0.2, -0.15) is 0 Å². The zero-order valence-electron chi connectivity index (χ0n) is 14.1. The second-order valence-corrected chi connectivity index (χ2v) is 6.96. The first-order chi connectivity index (χ1) is 9.93. The average molecular weight is 297 g/mol. The lowest BCUT2D eigenvalue weighted by Crippen LogP contribution is -2.50. The van der Waals surface area contributed by atoms with Crippen LogP contribution in [0.15, 0.2) is 0 Å². The van der Waals surface area contributed by atoms with Crippen LogP contribution >= 0.6 is 0 Å². The minimum Gasteiger partial charge on any atom is -0.374 e. The maximum atomic E-state index is 12.8. The van der Waals surface area contributed by atoms with Crippen LogP contribution in [-0.4, -0.2) is 67.3 Å². The smallest absolute Gasteiger partial charge is 0.241 e. The van der Waals surface area contributed by atoms with Gasteiger partial charge in [0.15, 0.2) is 0 Å². The molecule has 2 aliphatic rings. The number of amides is 1. The van der Waals surface area contributed by atoms with E-state index < -0.39 is 0 Å². The van der Waals surface area contributed by atoms with Crippen LogP contribution in [0.4, 0.5) is 0 Å². The van der Waals surface area contributed by atoms with E-state index in [1.54, 1.807) is 0 Å². The van der Waals surface area contributed by atoms with Crippen molar-refractivity contribution in [3.63, 3.8) is 0 Å². The van der Waals surface area contributed by atoms with Gasteiger partial charge in [0.05, 0.1) is 24.9 Å². The molecule has 0 bridgehead atoms. The summed E-state index contributed by atoms with van der Waals surface area (Å²) in [6.45, 7) is 12.0.